The molecule has 1 unspecified atom stereocenters. The molecule has 146 valence electrons. The molecular weight excluding hydrogens is 407 g/mol. The van der Waals surface area contributed by atoms with Crippen molar-refractivity contribution < 1.29 is 9.53 Å². The van der Waals surface area contributed by atoms with E-state index in [1.807, 2.05) is 0 Å². The third kappa shape index (κ3) is 5.38. The number of amides is 1. The van der Waals surface area contributed by atoms with Gasteiger partial charge in [0.2, 0.25) is 5.91 Å². The number of benzene rings is 1. The Kier molecular flexibility index (Phi) is 7.03. The Bertz CT molecular complexity index is 807. The Balaban J connectivity index is 1.64. The number of carbonyl (C=O) groups is 1. The summed E-state index contributed by atoms with van der Waals surface area (Å²) in [6.45, 7) is 5.69. The van der Waals surface area contributed by atoms with Gasteiger partial charge in [-0.25, -0.2) is 0 Å². The van der Waals surface area contributed by atoms with Crippen molar-refractivity contribution in [1.29, 1.82) is 0 Å². The topological polar surface area (TPSA) is 69.0 Å². The van der Waals surface area contributed by atoms with Gasteiger partial charge in [0.15, 0.2) is 5.16 Å². The van der Waals surface area contributed by atoms with E-state index in [9.17, 15) is 4.79 Å². The van der Waals surface area contributed by atoms with Crippen LogP contribution in [0.25, 0.3) is 0 Å². The van der Waals surface area contributed by atoms with Crippen LogP contribution in [-0.2, 0) is 16.1 Å². The fourth-order valence-electron chi connectivity index (χ4n) is 2.90. The second-order valence-corrected chi connectivity index (χ2v) is 8.46. The lowest BCUT2D eigenvalue weighted by molar-refractivity contribution is -0.113. The first-order valence-electron chi connectivity index (χ1n) is 8.86. The van der Waals surface area contributed by atoms with E-state index in [-0.39, 0.29) is 23.7 Å². The average Bonchev–Trinajstić information content (AvgIpc) is 3.27. The average molecular weight is 429 g/mol. The van der Waals surface area contributed by atoms with Crippen LogP contribution >= 0.6 is 35.0 Å². The maximum absolute atomic E-state index is 12.3. The minimum Gasteiger partial charge on any atom is -0.376 e. The van der Waals surface area contributed by atoms with Crippen LogP contribution in [0.1, 0.15) is 38.4 Å². The molecule has 1 atom stereocenters. The van der Waals surface area contributed by atoms with E-state index in [4.69, 9.17) is 27.9 Å². The van der Waals surface area contributed by atoms with Gasteiger partial charge in [-0.1, -0.05) is 48.8 Å². The molecule has 1 aromatic carbocycles. The molecular formula is C18H22Cl2N4O2S. The van der Waals surface area contributed by atoms with Crippen molar-refractivity contribution in [2.45, 2.75) is 50.4 Å². The quantitative estimate of drug-likeness (QED) is 0.651. The lowest BCUT2D eigenvalue weighted by Crippen LogP contribution is -2.19. The summed E-state index contributed by atoms with van der Waals surface area (Å²) in [6.07, 6.45) is 2.30. The van der Waals surface area contributed by atoms with Crippen LogP contribution in [0.3, 0.4) is 0 Å². The Hall–Kier alpha value is -1.28. The molecule has 0 bridgehead atoms. The number of thioether (sulfide) groups is 1. The standard InChI is InChI=1S/C18H22Cl2N4O2S/c1-11(2)17-22-23-18(24(17)9-13-4-3-7-26-13)27-10-16(25)21-12-5-6-14(19)15(20)8-12/h5-6,8,11,13H,3-4,7,9-10H2,1-2H3,(H,21,25). The number of halogens is 2. The van der Waals surface area contributed by atoms with E-state index < -0.39 is 0 Å². The highest BCUT2D eigenvalue weighted by atomic mass is 35.5. The van der Waals surface area contributed by atoms with Crippen molar-refractivity contribution in [3.8, 4) is 0 Å². The van der Waals surface area contributed by atoms with E-state index in [1.165, 1.54) is 11.8 Å². The van der Waals surface area contributed by atoms with Gasteiger partial charge >= 0.3 is 0 Å². The Morgan fingerprint density at radius 2 is 2.19 bits per heavy atom. The molecule has 1 N–H and O–H groups in total. The monoisotopic (exact) mass is 428 g/mol. The molecule has 2 aromatic rings. The molecule has 6 nitrogen and oxygen atoms in total. The molecule has 1 amide bonds. The van der Waals surface area contributed by atoms with Gasteiger partial charge in [-0.2, -0.15) is 0 Å². The fourth-order valence-corrected chi connectivity index (χ4v) is 3.95. The van der Waals surface area contributed by atoms with Crippen LogP contribution in [0.15, 0.2) is 23.4 Å². The molecule has 1 aromatic heterocycles. The zero-order valence-corrected chi connectivity index (χ0v) is 17.6. The van der Waals surface area contributed by atoms with Crippen molar-refractivity contribution in [2.75, 3.05) is 17.7 Å². The number of hydrogen-bond donors (Lipinski definition) is 1. The summed E-state index contributed by atoms with van der Waals surface area (Å²) in [4.78, 5) is 12.3. The molecule has 0 radical (unpaired) electrons. The predicted molar refractivity (Wildman–Crippen MR) is 109 cm³/mol. The molecule has 0 aliphatic carbocycles. The number of rotatable bonds is 7. The zero-order chi connectivity index (χ0) is 19.4. The third-order valence-electron chi connectivity index (χ3n) is 4.21. The van der Waals surface area contributed by atoms with E-state index in [2.05, 4.69) is 33.9 Å². The van der Waals surface area contributed by atoms with Gasteiger partial charge in [0.05, 0.1) is 28.4 Å². The maximum atomic E-state index is 12.3. The SMILES string of the molecule is CC(C)c1nnc(SCC(=O)Nc2ccc(Cl)c(Cl)c2)n1CC1CCCO1. The molecule has 1 fully saturated rings. The molecule has 0 saturated carbocycles. The third-order valence-corrected chi connectivity index (χ3v) is 5.91. The largest absolute Gasteiger partial charge is 0.376 e. The van der Waals surface area contributed by atoms with Crippen molar-refractivity contribution in [1.82, 2.24) is 14.8 Å². The van der Waals surface area contributed by atoms with Gasteiger partial charge in [-0.15, -0.1) is 10.2 Å². The molecule has 0 spiro atoms. The highest BCUT2D eigenvalue weighted by Gasteiger charge is 2.22. The first kappa shape index (κ1) is 20.5. The van der Waals surface area contributed by atoms with Crippen molar-refractivity contribution in [3.63, 3.8) is 0 Å². The number of hydrogen-bond acceptors (Lipinski definition) is 5. The van der Waals surface area contributed by atoms with Crippen molar-refractivity contribution >= 4 is 46.6 Å². The summed E-state index contributed by atoms with van der Waals surface area (Å²) < 4.78 is 7.83. The number of carbonyl (C=O) groups excluding carboxylic acids is 1. The van der Waals surface area contributed by atoms with Gasteiger partial charge in [0, 0.05) is 18.2 Å². The number of anilines is 1. The van der Waals surface area contributed by atoms with E-state index >= 15 is 0 Å². The highest BCUT2D eigenvalue weighted by molar-refractivity contribution is 7.99. The number of ether oxygens (including phenoxy) is 1. The normalized spacial score (nSPS) is 16.9. The van der Waals surface area contributed by atoms with Gasteiger partial charge in [0.25, 0.3) is 0 Å². The number of nitrogens with one attached hydrogen (secondary N) is 1. The van der Waals surface area contributed by atoms with Crippen LogP contribution in [0.5, 0.6) is 0 Å². The smallest absolute Gasteiger partial charge is 0.234 e. The molecule has 3 rings (SSSR count). The molecule has 9 heteroatoms. The molecule has 1 aliphatic rings. The minimum atomic E-state index is -0.142. The number of nitrogens with zero attached hydrogens (tertiary/aromatic N) is 3. The number of aromatic nitrogens is 3. The Morgan fingerprint density at radius 1 is 1.37 bits per heavy atom. The summed E-state index contributed by atoms with van der Waals surface area (Å²) in [5, 5.41) is 13.0. The van der Waals surface area contributed by atoms with Crippen LogP contribution in [0, 0.1) is 0 Å². The van der Waals surface area contributed by atoms with Crippen LogP contribution in [-0.4, -0.2) is 39.1 Å². The molecule has 2 heterocycles. The summed E-state index contributed by atoms with van der Waals surface area (Å²) in [5.41, 5.74) is 0.610. The van der Waals surface area contributed by atoms with E-state index in [1.54, 1.807) is 18.2 Å². The zero-order valence-electron chi connectivity index (χ0n) is 15.2. The Morgan fingerprint density at radius 3 is 2.85 bits per heavy atom. The van der Waals surface area contributed by atoms with E-state index in [0.29, 0.717) is 15.7 Å². The Labute approximate surface area is 173 Å². The minimum absolute atomic E-state index is 0.142. The van der Waals surface area contributed by atoms with Gasteiger partial charge in [-0.3, -0.25) is 4.79 Å². The lowest BCUT2D eigenvalue weighted by Gasteiger charge is -2.16. The van der Waals surface area contributed by atoms with E-state index in [0.717, 1.165) is 37.0 Å². The predicted octanol–water partition coefficient (Wildman–Crippen LogP) is 4.62. The second kappa shape index (κ2) is 9.28. The maximum Gasteiger partial charge on any atom is 0.234 e. The first-order chi connectivity index (χ1) is 12.9. The van der Waals surface area contributed by atoms with Crippen LogP contribution in [0.2, 0.25) is 10.0 Å². The highest BCUT2D eigenvalue weighted by Crippen LogP contribution is 2.26. The lowest BCUT2D eigenvalue weighted by atomic mass is 10.2. The van der Waals surface area contributed by atoms with Gasteiger partial charge < -0.3 is 14.6 Å². The van der Waals surface area contributed by atoms with Crippen LogP contribution < -0.4 is 5.32 Å². The van der Waals surface area contributed by atoms with Gasteiger partial charge in [-0.05, 0) is 31.0 Å². The summed E-state index contributed by atoms with van der Waals surface area (Å²) >= 11 is 13.2. The second-order valence-electron chi connectivity index (χ2n) is 6.71. The van der Waals surface area contributed by atoms with Gasteiger partial charge in [0.1, 0.15) is 5.82 Å². The summed E-state index contributed by atoms with van der Waals surface area (Å²) in [5.74, 6) is 1.24. The van der Waals surface area contributed by atoms with Crippen LogP contribution in [0.4, 0.5) is 5.69 Å². The molecule has 1 saturated heterocycles. The molecule has 1 aliphatic heterocycles. The molecule has 27 heavy (non-hydrogen) atoms. The first-order valence-corrected chi connectivity index (χ1v) is 10.6. The van der Waals surface area contributed by atoms with Crippen molar-refractivity contribution in [2.24, 2.45) is 0 Å². The van der Waals surface area contributed by atoms with Crippen molar-refractivity contribution in [3.05, 3.63) is 34.1 Å². The fraction of sp³-hybridized carbons (Fsp3) is 0.500. The summed E-state index contributed by atoms with van der Waals surface area (Å²) in [7, 11) is 0. The summed E-state index contributed by atoms with van der Waals surface area (Å²) in [6, 6.07) is 5.00.